The topological polar surface area (TPSA) is 75.4 Å². The molecule has 0 saturated heterocycles. The smallest absolute Gasteiger partial charge is 0.361 e. The SMILES string of the molecule is CN(C)c1ccc2ncc(C#Cc3cnc(NC(=O)c4ccc(C(F)(F)F)cc4)s3)n2n1. The molecule has 0 aliphatic carbocycles. The third kappa shape index (κ3) is 4.55. The molecule has 3 heterocycles. The van der Waals surface area contributed by atoms with Gasteiger partial charge in [-0.15, -0.1) is 5.10 Å². The van der Waals surface area contributed by atoms with Gasteiger partial charge in [0.05, 0.1) is 22.8 Å². The number of halogens is 3. The highest BCUT2D eigenvalue weighted by atomic mass is 32.1. The van der Waals surface area contributed by atoms with E-state index in [4.69, 9.17) is 0 Å². The summed E-state index contributed by atoms with van der Waals surface area (Å²) in [7, 11) is 3.77. The van der Waals surface area contributed by atoms with Crippen molar-refractivity contribution in [2.24, 2.45) is 0 Å². The molecule has 0 spiro atoms. The number of hydrogen-bond donors (Lipinski definition) is 1. The van der Waals surface area contributed by atoms with Crippen molar-refractivity contribution in [3.05, 3.63) is 70.5 Å². The third-order valence-corrected chi connectivity index (χ3v) is 5.15. The molecule has 0 saturated carbocycles. The second kappa shape index (κ2) is 8.32. The van der Waals surface area contributed by atoms with Gasteiger partial charge in [0.2, 0.25) is 0 Å². The highest BCUT2D eigenvalue weighted by Gasteiger charge is 2.30. The number of alkyl halides is 3. The van der Waals surface area contributed by atoms with Crippen molar-refractivity contribution in [1.82, 2.24) is 19.6 Å². The van der Waals surface area contributed by atoms with Gasteiger partial charge in [0, 0.05) is 19.7 Å². The van der Waals surface area contributed by atoms with Crippen LogP contribution in [0.15, 0.2) is 48.8 Å². The fraction of sp³-hybridized carbons (Fsp3) is 0.143. The maximum Gasteiger partial charge on any atom is 0.416 e. The number of thiazole rings is 1. The Kier molecular flexibility index (Phi) is 5.54. The van der Waals surface area contributed by atoms with Gasteiger partial charge in [0.25, 0.3) is 5.91 Å². The van der Waals surface area contributed by atoms with Crippen LogP contribution in [0.1, 0.15) is 26.5 Å². The third-order valence-electron chi connectivity index (χ3n) is 4.32. The molecule has 1 aromatic carbocycles. The van der Waals surface area contributed by atoms with E-state index in [1.807, 2.05) is 31.1 Å². The van der Waals surface area contributed by atoms with Crippen LogP contribution in [0.4, 0.5) is 24.1 Å². The molecule has 4 aromatic rings. The summed E-state index contributed by atoms with van der Waals surface area (Å²) >= 11 is 1.14. The fourth-order valence-corrected chi connectivity index (χ4v) is 3.35. The van der Waals surface area contributed by atoms with Crippen molar-refractivity contribution >= 4 is 33.8 Å². The lowest BCUT2D eigenvalue weighted by Crippen LogP contribution is -2.12. The second-order valence-electron chi connectivity index (χ2n) is 6.81. The van der Waals surface area contributed by atoms with E-state index in [-0.39, 0.29) is 10.7 Å². The molecule has 0 atom stereocenters. The zero-order valence-electron chi connectivity index (χ0n) is 16.8. The van der Waals surface area contributed by atoms with Crippen LogP contribution in [0.25, 0.3) is 5.65 Å². The molecule has 0 radical (unpaired) electrons. The van der Waals surface area contributed by atoms with Crippen molar-refractivity contribution in [2.75, 3.05) is 24.3 Å². The van der Waals surface area contributed by atoms with E-state index in [2.05, 4.69) is 32.2 Å². The summed E-state index contributed by atoms with van der Waals surface area (Å²) in [6, 6.07) is 7.65. The number of nitrogens with zero attached hydrogens (tertiary/aromatic N) is 5. The van der Waals surface area contributed by atoms with Crippen LogP contribution in [0.3, 0.4) is 0 Å². The zero-order valence-corrected chi connectivity index (χ0v) is 17.6. The number of carbonyl (C=O) groups excluding carboxylic acids is 1. The minimum absolute atomic E-state index is 0.0920. The van der Waals surface area contributed by atoms with E-state index in [1.54, 1.807) is 10.7 Å². The summed E-state index contributed by atoms with van der Waals surface area (Å²) in [6.45, 7) is 0. The van der Waals surface area contributed by atoms with Crippen LogP contribution in [0, 0.1) is 11.8 Å². The van der Waals surface area contributed by atoms with Gasteiger partial charge >= 0.3 is 6.18 Å². The first-order valence-corrected chi connectivity index (χ1v) is 10.0. The maximum absolute atomic E-state index is 12.7. The normalized spacial score (nSPS) is 11.2. The van der Waals surface area contributed by atoms with Gasteiger partial charge in [-0.05, 0) is 48.2 Å². The Balaban J connectivity index is 1.48. The van der Waals surface area contributed by atoms with Crippen LogP contribution in [0.5, 0.6) is 0 Å². The van der Waals surface area contributed by atoms with E-state index in [0.717, 1.165) is 41.4 Å². The van der Waals surface area contributed by atoms with E-state index in [1.165, 1.54) is 6.20 Å². The molecule has 32 heavy (non-hydrogen) atoms. The molecule has 0 bridgehead atoms. The predicted octanol–water partition coefficient (Wildman–Crippen LogP) is 3.92. The number of aromatic nitrogens is 4. The molecule has 0 unspecified atom stereocenters. The first kappa shape index (κ1) is 21.3. The summed E-state index contributed by atoms with van der Waals surface area (Å²) in [5, 5.41) is 7.33. The number of fused-ring (bicyclic) bond motifs is 1. The number of amides is 1. The standard InChI is InChI=1S/C21H15F3N6OS/c1-29(2)18-10-9-17-25-11-15(30(17)28-18)7-8-16-12-26-20(32-16)27-19(31)13-3-5-14(6-4-13)21(22,23)24/h3-6,9-12H,1-2H3,(H,26,27,31). The number of rotatable bonds is 3. The largest absolute Gasteiger partial charge is 0.416 e. The second-order valence-corrected chi connectivity index (χ2v) is 7.84. The van der Waals surface area contributed by atoms with Crippen molar-refractivity contribution in [2.45, 2.75) is 6.18 Å². The van der Waals surface area contributed by atoms with Gasteiger partial charge in [0.15, 0.2) is 10.8 Å². The van der Waals surface area contributed by atoms with E-state index in [0.29, 0.717) is 16.2 Å². The average Bonchev–Trinajstić information content (AvgIpc) is 3.37. The molecule has 1 N–H and O–H groups in total. The molecule has 3 aromatic heterocycles. The summed E-state index contributed by atoms with van der Waals surface area (Å²) in [6.07, 6.45) is -1.34. The molecular formula is C21H15F3N6OS. The van der Waals surface area contributed by atoms with E-state index >= 15 is 0 Å². The molecule has 11 heteroatoms. The Morgan fingerprint density at radius 1 is 1.06 bits per heavy atom. The molecule has 4 rings (SSSR count). The van der Waals surface area contributed by atoms with E-state index in [9.17, 15) is 18.0 Å². The number of anilines is 2. The highest BCUT2D eigenvalue weighted by Crippen LogP contribution is 2.29. The molecule has 0 aliphatic heterocycles. The van der Waals surface area contributed by atoms with E-state index < -0.39 is 17.6 Å². The zero-order chi connectivity index (χ0) is 22.9. The lowest BCUT2D eigenvalue weighted by atomic mass is 10.1. The van der Waals surface area contributed by atoms with Crippen molar-refractivity contribution in [3.8, 4) is 11.8 Å². The van der Waals surface area contributed by atoms with Crippen molar-refractivity contribution in [3.63, 3.8) is 0 Å². The summed E-state index contributed by atoms with van der Waals surface area (Å²) in [4.78, 5) is 23.1. The fourth-order valence-electron chi connectivity index (χ4n) is 2.68. The number of imidazole rings is 1. The van der Waals surface area contributed by atoms with Gasteiger partial charge in [-0.2, -0.15) is 13.2 Å². The van der Waals surface area contributed by atoms with Crippen LogP contribution in [-0.2, 0) is 6.18 Å². The van der Waals surface area contributed by atoms with Gasteiger partial charge in [-0.3, -0.25) is 10.1 Å². The van der Waals surface area contributed by atoms with Crippen molar-refractivity contribution < 1.29 is 18.0 Å². The number of nitrogens with one attached hydrogen (secondary N) is 1. The monoisotopic (exact) mass is 456 g/mol. The number of benzene rings is 1. The van der Waals surface area contributed by atoms with Gasteiger partial charge in [-0.25, -0.2) is 14.5 Å². The molecule has 162 valence electrons. The minimum atomic E-state index is -4.46. The maximum atomic E-state index is 12.7. The molecule has 1 amide bonds. The summed E-state index contributed by atoms with van der Waals surface area (Å²) < 4.78 is 39.6. The van der Waals surface area contributed by atoms with Crippen LogP contribution >= 0.6 is 11.3 Å². The molecule has 0 fully saturated rings. The van der Waals surface area contributed by atoms with Crippen LogP contribution < -0.4 is 10.2 Å². The Labute approximate surface area is 184 Å². The quantitative estimate of drug-likeness (QED) is 0.473. The predicted molar refractivity (Wildman–Crippen MR) is 115 cm³/mol. The minimum Gasteiger partial charge on any atom is -0.361 e. The van der Waals surface area contributed by atoms with Crippen LogP contribution in [0.2, 0.25) is 0 Å². The Bertz CT molecular complexity index is 1350. The van der Waals surface area contributed by atoms with Gasteiger partial charge < -0.3 is 4.90 Å². The van der Waals surface area contributed by atoms with Crippen LogP contribution in [-0.4, -0.2) is 39.6 Å². The highest BCUT2D eigenvalue weighted by molar-refractivity contribution is 7.16. The lowest BCUT2D eigenvalue weighted by molar-refractivity contribution is -0.137. The lowest BCUT2D eigenvalue weighted by Gasteiger charge is -2.10. The molecule has 7 nitrogen and oxygen atoms in total. The first-order chi connectivity index (χ1) is 15.2. The number of carbonyl (C=O) groups is 1. The van der Waals surface area contributed by atoms with Gasteiger partial charge in [0.1, 0.15) is 11.5 Å². The number of hydrogen-bond acceptors (Lipinski definition) is 6. The average molecular weight is 456 g/mol. The van der Waals surface area contributed by atoms with Gasteiger partial charge in [-0.1, -0.05) is 11.3 Å². The molecule has 0 aliphatic rings. The first-order valence-electron chi connectivity index (χ1n) is 9.19. The molecular weight excluding hydrogens is 441 g/mol. The summed E-state index contributed by atoms with van der Waals surface area (Å²) in [5.74, 6) is 6.14. The Morgan fingerprint density at radius 3 is 2.50 bits per heavy atom. The summed E-state index contributed by atoms with van der Waals surface area (Å²) in [5.41, 5.74) is 0.524. The Hall–Kier alpha value is -3.91. The Morgan fingerprint density at radius 2 is 1.81 bits per heavy atom. The van der Waals surface area contributed by atoms with Crippen molar-refractivity contribution in [1.29, 1.82) is 0 Å².